The summed E-state index contributed by atoms with van der Waals surface area (Å²) in [6.07, 6.45) is 2.52. The van der Waals surface area contributed by atoms with Crippen LogP contribution in [-0.2, 0) is 0 Å². The van der Waals surface area contributed by atoms with Crippen molar-refractivity contribution in [2.75, 3.05) is 25.7 Å². The minimum Gasteiger partial charge on any atom is -0.488 e. The molecule has 4 rings (SSSR count). The summed E-state index contributed by atoms with van der Waals surface area (Å²) in [5.74, 6) is 1.21. The lowest BCUT2D eigenvalue weighted by Crippen LogP contribution is -2.35. The molecule has 0 radical (unpaired) electrons. The third-order valence-electron chi connectivity index (χ3n) is 4.94. The molecule has 2 aromatic carbocycles. The molecular weight excluding hydrogens is 440 g/mol. The van der Waals surface area contributed by atoms with E-state index in [9.17, 15) is 14.7 Å². The fourth-order valence-corrected chi connectivity index (χ4v) is 3.17. The molecule has 0 unspecified atom stereocenters. The highest BCUT2D eigenvalue weighted by Gasteiger charge is 2.23. The van der Waals surface area contributed by atoms with Gasteiger partial charge in [0.15, 0.2) is 12.5 Å². The smallest absolute Gasteiger partial charge is 0.259 e. The minimum absolute atomic E-state index is 0.139. The molecule has 1 aliphatic rings. The van der Waals surface area contributed by atoms with Crippen LogP contribution < -0.4 is 19.5 Å². The molecule has 0 bridgehead atoms. The number of nitrogens with zero attached hydrogens (tertiary/aromatic N) is 3. The van der Waals surface area contributed by atoms with Crippen molar-refractivity contribution in [3.05, 3.63) is 65.6 Å². The summed E-state index contributed by atoms with van der Waals surface area (Å²) < 4.78 is 17.3. The highest BCUT2D eigenvalue weighted by Crippen LogP contribution is 2.33. The number of carbonyl (C=O) groups is 2. The third kappa shape index (κ3) is 5.24. The van der Waals surface area contributed by atoms with E-state index in [2.05, 4.69) is 15.3 Å². The first-order valence-electron chi connectivity index (χ1n) is 10.5. The Labute approximate surface area is 196 Å². The molecule has 0 saturated heterocycles. The van der Waals surface area contributed by atoms with Crippen LogP contribution in [0.1, 0.15) is 33.3 Å². The van der Waals surface area contributed by atoms with Crippen LogP contribution in [0.3, 0.4) is 0 Å². The van der Waals surface area contributed by atoms with Crippen LogP contribution in [0.4, 0.5) is 5.82 Å². The van der Waals surface area contributed by atoms with Gasteiger partial charge in [-0.25, -0.2) is 4.98 Å². The van der Waals surface area contributed by atoms with Gasteiger partial charge in [-0.2, -0.15) is 0 Å². The Morgan fingerprint density at radius 1 is 1.18 bits per heavy atom. The maximum atomic E-state index is 12.9. The number of carbonyl (C=O) groups excluding carboxylic acids is 2. The van der Waals surface area contributed by atoms with Crippen molar-refractivity contribution < 1.29 is 28.9 Å². The Hall–Kier alpha value is -4.18. The van der Waals surface area contributed by atoms with Gasteiger partial charge in [0, 0.05) is 24.7 Å². The first kappa shape index (κ1) is 23.0. The second-order valence-electron chi connectivity index (χ2n) is 7.84. The number of amides is 2. The van der Waals surface area contributed by atoms with Crippen molar-refractivity contribution in [1.29, 1.82) is 0 Å². The van der Waals surface area contributed by atoms with Crippen molar-refractivity contribution >= 4 is 17.6 Å². The summed E-state index contributed by atoms with van der Waals surface area (Å²) in [5, 5.41) is 12.0. The molecule has 10 nitrogen and oxygen atoms in total. The molecule has 0 spiro atoms. The molecule has 0 fully saturated rings. The zero-order valence-electron chi connectivity index (χ0n) is 18.9. The average Bonchev–Trinajstić information content (AvgIpc) is 2.82. The molecule has 2 amide bonds. The number of fused-ring (bicyclic) bond motifs is 1. The quantitative estimate of drug-likeness (QED) is 0.547. The van der Waals surface area contributed by atoms with Gasteiger partial charge < -0.3 is 29.5 Å². The normalized spacial score (nSPS) is 13.5. The number of aliphatic hydroxyl groups excluding tert-OH is 1. The summed E-state index contributed by atoms with van der Waals surface area (Å²) >= 11 is 0. The molecule has 0 saturated carbocycles. The Kier molecular flexibility index (Phi) is 6.60. The molecule has 2 N–H and O–H groups in total. The lowest BCUT2D eigenvalue weighted by atomic mass is 10.1. The minimum atomic E-state index is -0.491. The van der Waals surface area contributed by atoms with Gasteiger partial charge in [-0.05, 0) is 38.1 Å². The number of aliphatic hydroxyl groups is 1. The molecule has 1 aliphatic heterocycles. The maximum absolute atomic E-state index is 12.9. The molecule has 1 atom stereocenters. The van der Waals surface area contributed by atoms with Gasteiger partial charge in [-0.3, -0.25) is 14.6 Å². The second kappa shape index (κ2) is 9.75. The second-order valence-corrected chi connectivity index (χ2v) is 7.84. The lowest BCUT2D eigenvalue weighted by Gasteiger charge is -2.25. The summed E-state index contributed by atoms with van der Waals surface area (Å²) in [7, 11) is 1.66. The van der Waals surface area contributed by atoms with Crippen molar-refractivity contribution in [1.82, 2.24) is 14.9 Å². The van der Waals surface area contributed by atoms with Crippen LogP contribution in [0.5, 0.6) is 23.0 Å². The highest BCUT2D eigenvalue weighted by atomic mass is 16.5. The molecular formula is C24H24N4O6. The number of aryl methyl sites for hydroxylation is 1. The fraction of sp³-hybridized carbons (Fsp3) is 0.250. The van der Waals surface area contributed by atoms with Gasteiger partial charge in [0.2, 0.25) is 0 Å². The molecule has 1 aromatic heterocycles. The number of hydrogen-bond donors (Lipinski definition) is 2. The largest absolute Gasteiger partial charge is 0.488 e. The maximum Gasteiger partial charge on any atom is 0.259 e. The Bertz CT molecular complexity index is 1210. The first-order valence-corrected chi connectivity index (χ1v) is 10.5. The van der Waals surface area contributed by atoms with Crippen molar-refractivity contribution in [3.63, 3.8) is 0 Å². The first-order chi connectivity index (χ1) is 16.3. The van der Waals surface area contributed by atoms with E-state index in [4.69, 9.17) is 14.2 Å². The van der Waals surface area contributed by atoms with Crippen LogP contribution in [0.25, 0.3) is 0 Å². The number of hydrogen-bond acceptors (Lipinski definition) is 8. The predicted octanol–water partition coefficient (Wildman–Crippen LogP) is 3.01. The molecule has 3 aromatic rings. The number of rotatable bonds is 7. The van der Waals surface area contributed by atoms with E-state index in [0.717, 1.165) is 5.69 Å². The number of benzene rings is 2. The van der Waals surface area contributed by atoms with Crippen LogP contribution in [0, 0.1) is 6.92 Å². The fourth-order valence-electron chi connectivity index (χ4n) is 3.17. The predicted molar refractivity (Wildman–Crippen MR) is 122 cm³/mol. The Morgan fingerprint density at radius 3 is 2.71 bits per heavy atom. The molecule has 2 heterocycles. The van der Waals surface area contributed by atoms with Gasteiger partial charge in [0.25, 0.3) is 11.8 Å². The van der Waals surface area contributed by atoms with E-state index in [1.807, 2.05) is 0 Å². The van der Waals surface area contributed by atoms with Gasteiger partial charge >= 0.3 is 0 Å². The van der Waals surface area contributed by atoms with Crippen LogP contribution >= 0.6 is 0 Å². The van der Waals surface area contributed by atoms with E-state index in [-0.39, 0.29) is 24.8 Å². The monoisotopic (exact) mass is 464 g/mol. The number of nitrogens with one attached hydrogen (secondary N) is 1. The van der Waals surface area contributed by atoms with Gasteiger partial charge in [0.05, 0.1) is 30.3 Å². The van der Waals surface area contributed by atoms with Crippen LogP contribution in [0.2, 0.25) is 0 Å². The van der Waals surface area contributed by atoms with E-state index < -0.39 is 12.0 Å². The van der Waals surface area contributed by atoms with Gasteiger partial charge in [0.1, 0.15) is 29.1 Å². The third-order valence-corrected chi connectivity index (χ3v) is 4.94. The standard InChI is InChI=1S/C24H24N4O6/c1-14-10-26-22(11-25-14)27-23(30)16-6-18(33-15(2)12-29)8-19(7-16)34-17-4-5-20-21(9-17)32-13-28(3)24(20)31/h4-11,15,29H,12-13H2,1-3H3,(H,26,27,30)/t15-/m0/s1. The summed E-state index contributed by atoms with van der Waals surface area (Å²) in [6.45, 7) is 3.44. The number of anilines is 1. The lowest BCUT2D eigenvalue weighted by molar-refractivity contribution is 0.0595. The number of aromatic nitrogens is 2. The average molecular weight is 464 g/mol. The molecule has 34 heavy (non-hydrogen) atoms. The summed E-state index contributed by atoms with van der Waals surface area (Å²) in [4.78, 5) is 34.9. The summed E-state index contributed by atoms with van der Waals surface area (Å²) in [5.41, 5.74) is 1.42. The van der Waals surface area contributed by atoms with E-state index in [1.54, 1.807) is 63.5 Å². The van der Waals surface area contributed by atoms with Crippen LogP contribution in [0.15, 0.2) is 48.8 Å². The van der Waals surface area contributed by atoms with Gasteiger partial charge in [-0.1, -0.05) is 0 Å². The molecule has 10 heteroatoms. The van der Waals surface area contributed by atoms with E-state index >= 15 is 0 Å². The molecule has 0 aliphatic carbocycles. The Morgan fingerprint density at radius 2 is 1.97 bits per heavy atom. The zero-order valence-corrected chi connectivity index (χ0v) is 18.9. The highest BCUT2D eigenvalue weighted by molar-refractivity contribution is 6.04. The van der Waals surface area contributed by atoms with E-state index in [0.29, 0.717) is 34.4 Å². The topological polar surface area (TPSA) is 123 Å². The van der Waals surface area contributed by atoms with Gasteiger partial charge in [-0.15, -0.1) is 0 Å². The van der Waals surface area contributed by atoms with Crippen molar-refractivity contribution in [2.45, 2.75) is 20.0 Å². The molecule has 176 valence electrons. The summed E-state index contributed by atoms with van der Waals surface area (Å²) in [6, 6.07) is 9.58. The zero-order chi connectivity index (χ0) is 24.2. The van der Waals surface area contributed by atoms with Crippen molar-refractivity contribution in [3.8, 4) is 23.0 Å². The van der Waals surface area contributed by atoms with Crippen molar-refractivity contribution in [2.24, 2.45) is 0 Å². The Balaban J connectivity index is 1.61. The van der Waals surface area contributed by atoms with Crippen LogP contribution in [-0.4, -0.2) is 58.3 Å². The number of ether oxygens (including phenoxy) is 3. The SMILES string of the molecule is Cc1cnc(NC(=O)c2cc(Oc3ccc4c(c3)OCN(C)C4=O)cc(O[C@@H](C)CO)c2)cn1. The van der Waals surface area contributed by atoms with E-state index in [1.165, 1.54) is 11.1 Å².